The van der Waals surface area contributed by atoms with Crippen molar-refractivity contribution in [2.45, 2.75) is 0 Å². The molecule has 0 fully saturated rings. The van der Waals surface area contributed by atoms with E-state index in [-0.39, 0.29) is 0 Å². The van der Waals surface area contributed by atoms with E-state index in [1.165, 1.54) is 21.2 Å². The van der Waals surface area contributed by atoms with E-state index in [1.807, 2.05) is 0 Å². The Balaban J connectivity index is 1.95. The second-order valence-corrected chi connectivity index (χ2v) is 7.73. The average Bonchev–Trinajstić information content (AvgIpc) is 2.59. The van der Waals surface area contributed by atoms with Crippen molar-refractivity contribution in [2.75, 3.05) is 0 Å². The van der Waals surface area contributed by atoms with Crippen LogP contribution < -0.4 is 4.46 Å². The van der Waals surface area contributed by atoms with Crippen LogP contribution in [0, 0.1) is 0 Å². The summed E-state index contributed by atoms with van der Waals surface area (Å²) in [7, 11) is 0. The first kappa shape index (κ1) is 15.3. The Labute approximate surface area is 146 Å². The van der Waals surface area contributed by atoms with Gasteiger partial charge in [-0.3, -0.25) is 0 Å². The van der Waals surface area contributed by atoms with Gasteiger partial charge in [-0.25, -0.2) is 0 Å². The van der Waals surface area contributed by atoms with E-state index in [1.54, 1.807) is 0 Å². The van der Waals surface area contributed by atoms with E-state index in [4.69, 9.17) is 0 Å². The van der Waals surface area contributed by atoms with Crippen molar-refractivity contribution in [1.29, 1.82) is 0 Å². The van der Waals surface area contributed by atoms with Gasteiger partial charge in [-0.15, -0.1) is 0 Å². The molecular weight excluding hydrogens is 399 g/mol. The molecule has 0 aliphatic rings. The summed E-state index contributed by atoms with van der Waals surface area (Å²) in [6.45, 7) is 0. The van der Waals surface area contributed by atoms with Crippen molar-refractivity contribution in [1.82, 2.24) is 0 Å². The molecule has 0 bridgehead atoms. The van der Waals surface area contributed by atoms with Crippen LogP contribution in [0.1, 0.15) is 11.1 Å². The monoisotopic (exact) mass is 414 g/mol. The van der Waals surface area contributed by atoms with Gasteiger partial charge in [-0.05, 0) is 0 Å². The summed E-state index contributed by atoms with van der Waals surface area (Å²) in [6, 6.07) is 29.8. The van der Waals surface area contributed by atoms with Crippen LogP contribution in [-0.4, -0.2) is 15.0 Å². The first-order chi connectivity index (χ1) is 10.8. The molecule has 0 aromatic heterocycles. The fourth-order valence-electron chi connectivity index (χ4n) is 2.18. The van der Waals surface area contributed by atoms with Gasteiger partial charge >= 0.3 is 146 Å². The van der Waals surface area contributed by atoms with Gasteiger partial charge in [0.1, 0.15) is 0 Å². The molecule has 0 aliphatic carbocycles. The average molecular weight is 414 g/mol. The molecule has 22 heavy (non-hydrogen) atoms. The zero-order chi connectivity index (χ0) is 15.2. The van der Waals surface area contributed by atoms with Crippen molar-refractivity contribution in [2.24, 2.45) is 0 Å². The summed E-state index contributed by atoms with van der Waals surface area (Å²) < 4.78 is 2.50. The third kappa shape index (κ3) is 3.98. The van der Waals surface area contributed by atoms with E-state index in [0.717, 1.165) is 4.47 Å². The Morgan fingerprint density at radius 2 is 1.18 bits per heavy atom. The molecule has 0 saturated heterocycles. The molecule has 0 atom stereocenters. The zero-order valence-corrected chi connectivity index (χ0v) is 15.2. The molecule has 0 saturated carbocycles. The second kappa shape index (κ2) is 7.60. The Kier molecular flexibility index (Phi) is 5.28. The first-order valence-electron chi connectivity index (χ1n) is 7.06. The molecule has 0 heterocycles. The maximum absolute atomic E-state index is 3.49. The Bertz CT molecular complexity index is 705. The molecule has 0 amide bonds. The molecule has 0 N–H and O–H groups in total. The predicted molar refractivity (Wildman–Crippen MR) is 99.5 cm³/mol. The molecule has 0 nitrogen and oxygen atoms in total. The number of rotatable bonds is 4. The zero-order valence-electron chi connectivity index (χ0n) is 11.9. The Morgan fingerprint density at radius 3 is 1.68 bits per heavy atom. The van der Waals surface area contributed by atoms with Gasteiger partial charge < -0.3 is 0 Å². The van der Waals surface area contributed by atoms with Crippen molar-refractivity contribution >= 4 is 40.9 Å². The summed E-state index contributed by atoms with van der Waals surface area (Å²) in [4.78, 5) is 2.38. The van der Waals surface area contributed by atoms with Gasteiger partial charge in [-0.1, -0.05) is 0 Å². The second-order valence-electron chi connectivity index (χ2n) is 4.84. The van der Waals surface area contributed by atoms with Crippen LogP contribution in [0.3, 0.4) is 0 Å². The molecule has 3 rings (SSSR count). The Morgan fingerprint density at radius 1 is 0.682 bits per heavy atom. The van der Waals surface area contributed by atoms with Crippen LogP contribution >= 0.6 is 15.9 Å². The third-order valence-electron chi connectivity index (χ3n) is 3.30. The van der Waals surface area contributed by atoms with Gasteiger partial charge in [-0.2, -0.15) is 0 Å². The molecule has 0 unspecified atom stereocenters. The quantitative estimate of drug-likeness (QED) is 0.535. The fourth-order valence-corrected chi connectivity index (χ4v) is 4.16. The minimum atomic E-state index is 0.307. The third-order valence-corrected chi connectivity index (χ3v) is 5.71. The molecule has 108 valence electrons. The summed E-state index contributed by atoms with van der Waals surface area (Å²) in [6.07, 6.45) is 0. The first-order valence-corrected chi connectivity index (χ1v) is 9.70. The summed E-state index contributed by atoms with van der Waals surface area (Å²) >= 11 is 3.80. The van der Waals surface area contributed by atoms with Gasteiger partial charge in [0, 0.05) is 0 Å². The fraction of sp³-hybridized carbons (Fsp3) is 0. The predicted octanol–water partition coefficient (Wildman–Crippen LogP) is 4.87. The van der Waals surface area contributed by atoms with Crippen LogP contribution in [0.15, 0.2) is 94.4 Å². The van der Waals surface area contributed by atoms with Crippen LogP contribution in [0.2, 0.25) is 0 Å². The maximum atomic E-state index is 3.49. The van der Waals surface area contributed by atoms with E-state index in [2.05, 4.69) is 106 Å². The number of hydrogen-bond donors (Lipinski definition) is 0. The van der Waals surface area contributed by atoms with Gasteiger partial charge in [0.2, 0.25) is 0 Å². The SMILES string of the molecule is Brc1ccc([Se]C=C(c2ccccc2)c2ccccc2)cc1. The van der Waals surface area contributed by atoms with E-state index in [9.17, 15) is 0 Å². The van der Waals surface area contributed by atoms with E-state index >= 15 is 0 Å². The van der Waals surface area contributed by atoms with Crippen molar-refractivity contribution in [3.8, 4) is 0 Å². The molecule has 3 aromatic carbocycles. The summed E-state index contributed by atoms with van der Waals surface area (Å²) in [5.41, 5.74) is 3.85. The van der Waals surface area contributed by atoms with E-state index < -0.39 is 0 Å². The standard InChI is InChI=1S/C20H15BrSe/c21-18-11-13-19(14-12-18)22-15-20(16-7-3-1-4-8-16)17-9-5-2-6-10-17/h1-15H. The topological polar surface area (TPSA) is 0 Å². The summed E-state index contributed by atoms with van der Waals surface area (Å²) in [5, 5.41) is 0. The number of benzene rings is 3. The Hall–Kier alpha value is -1.60. The number of halogens is 1. The van der Waals surface area contributed by atoms with Crippen LogP contribution in [0.4, 0.5) is 0 Å². The van der Waals surface area contributed by atoms with Gasteiger partial charge in [0.15, 0.2) is 0 Å². The molecule has 0 radical (unpaired) electrons. The number of hydrogen-bond acceptors (Lipinski definition) is 0. The van der Waals surface area contributed by atoms with Crippen LogP contribution in [-0.2, 0) is 0 Å². The molecule has 3 aromatic rings. The van der Waals surface area contributed by atoms with Crippen molar-refractivity contribution in [3.05, 3.63) is 106 Å². The molecule has 0 aliphatic heterocycles. The summed E-state index contributed by atoms with van der Waals surface area (Å²) in [5.74, 6) is 0. The normalized spacial score (nSPS) is 10.2. The van der Waals surface area contributed by atoms with Crippen LogP contribution in [0.5, 0.6) is 0 Å². The molecule has 2 heteroatoms. The van der Waals surface area contributed by atoms with Gasteiger partial charge in [0.05, 0.1) is 0 Å². The molecular formula is C20H15BrSe. The minimum absolute atomic E-state index is 0.307. The van der Waals surface area contributed by atoms with Gasteiger partial charge in [0.25, 0.3) is 0 Å². The molecule has 0 spiro atoms. The van der Waals surface area contributed by atoms with Crippen molar-refractivity contribution < 1.29 is 0 Å². The van der Waals surface area contributed by atoms with Crippen LogP contribution in [0.25, 0.3) is 5.57 Å². The van der Waals surface area contributed by atoms with Crippen molar-refractivity contribution in [3.63, 3.8) is 0 Å². The van der Waals surface area contributed by atoms with E-state index in [0.29, 0.717) is 15.0 Å².